The van der Waals surface area contributed by atoms with Gasteiger partial charge < -0.3 is 0 Å². The highest BCUT2D eigenvalue weighted by atomic mass is 35.5. The molecule has 0 saturated carbocycles. The predicted molar refractivity (Wildman–Crippen MR) is 63.4 cm³/mol. The molecule has 1 unspecified atom stereocenters. The van der Waals surface area contributed by atoms with Gasteiger partial charge in [0, 0.05) is 10.3 Å². The van der Waals surface area contributed by atoms with Crippen molar-refractivity contribution in [3.8, 4) is 0 Å². The fourth-order valence-corrected chi connectivity index (χ4v) is 2.15. The summed E-state index contributed by atoms with van der Waals surface area (Å²) in [5.41, 5.74) is 0.842. The van der Waals surface area contributed by atoms with Crippen molar-refractivity contribution in [2.75, 3.05) is 5.75 Å². The first kappa shape index (κ1) is 14.4. The zero-order valence-electron chi connectivity index (χ0n) is 8.92. The molecule has 1 rings (SSSR count). The zero-order chi connectivity index (χ0) is 13.1. The fraction of sp³-hybridized carbons (Fsp3) is 0.364. The molecule has 0 amide bonds. The summed E-state index contributed by atoms with van der Waals surface area (Å²) in [4.78, 5) is 10.7. The van der Waals surface area contributed by atoms with Crippen molar-refractivity contribution in [1.29, 1.82) is 0 Å². The second-order valence-electron chi connectivity index (χ2n) is 3.43. The number of carbonyl (C=O) groups excluding carboxylic acids is 1. The van der Waals surface area contributed by atoms with Crippen molar-refractivity contribution in [3.05, 3.63) is 34.9 Å². The van der Waals surface area contributed by atoms with Gasteiger partial charge in [0.2, 0.25) is 5.78 Å². The van der Waals surface area contributed by atoms with Crippen LogP contribution in [0.5, 0.6) is 0 Å². The van der Waals surface area contributed by atoms with E-state index in [0.29, 0.717) is 5.02 Å². The molecule has 17 heavy (non-hydrogen) atoms. The summed E-state index contributed by atoms with van der Waals surface area (Å²) in [6.07, 6.45) is -4.74. The van der Waals surface area contributed by atoms with Gasteiger partial charge in [-0.05, 0) is 24.6 Å². The van der Waals surface area contributed by atoms with Crippen LogP contribution < -0.4 is 0 Å². The Morgan fingerprint density at radius 3 is 2.35 bits per heavy atom. The quantitative estimate of drug-likeness (QED) is 0.820. The SMILES string of the molecule is CC(SCC(=O)C(F)(F)F)c1ccc(Cl)cc1. The molecule has 1 aromatic carbocycles. The Balaban J connectivity index is 2.53. The van der Waals surface area contributed by atoms with Crippen LogP contribution in [0.4, 0.5) is 13.2 Å². The minimum Gasteiger partial charge on any atom is -0.289 e. The highest BCUT2D eigenvalue weighted by Crippen LogP contribution is 2.30. The van der Waals surface area contributed by atoms with Crippen LogP contribution in [0.25, 0.3) is 0 Å². The number of hydrogen-bond acceptors (Lipinski definition) is 2. The fourth-order valence-electron chi connectivity index (χ4n) is 1.11. The Morgan fingerprint density at radius 2 is 1.88 bits per heavy atom. The number of hydrogen-bond donors (Lipinski definition) is 0. The minimum absolute atomic E-state index is 0.182. The topological polar surface area (TPSA) is 17.1 Å². The summed E-state index contributed by atoms with van der Waals surface area (Å²) in [7, 11) is 0. The van der Waals surface area contributed by atoms with E-state index in [0.717, 1.165) is 17.3 Å². The second-order valence-corrected chi connectivity index (χ2v) is 5.19. The molecule has 0 radical (unpaired) electrons. The van der Waals surface area contributed by atoms with Gasteiger partial charge in [-0.3, -0.25) is 4.79 Å². The molecule has 1 atom stereocenters. The molecule has 0 aliphatic carbocycles. The molecule has 0 aliphatic rings. The highest BCUT2D eigenvalue weighted by molar-refractivity contribution is 8.00. The third-order valence-corrected chi connectivity index (χ3v) is 3.57. The van der Waals surface area contributed by atoms with Gasteiger partial charge >= 0.3 is 6.18 Å². The molecule has 0 N–H and O–H groups in total. The van der Waals surface area contributed by atoms with Crippen LogP contribution in [0.1, 0.15) is 17.7 Å². The largest absolute Gasteiger partial charge is 0.450 e. The molecular formula is C11H10ClF3OS. The Hall–Kier alpha value is -0.680. The number of halogens is 4. The van der Waals surface area contributed by atoms with Crippen LogP contribution in [0.2, 0.25) is 5.02 Å². The lowest BCUT2D eigenvalue weighted by Gasteiger charge is -2.12. The van der Waals surface area contributed by atoms with E-state index in [1.54, 1.807) is 31.2 Å². The summed E-state index contributed by atoms with van der Waals surface area (Å²) in [5, 5.41) is 0.385. The first-order valence-electron chi connectivity index (χ1n) is 4.78. The zero-order valence-corrected chi connectivity index (χ0v) is 10.5. The summed E-state index contributed by atoms with van der Waals surface area (Å²) in [6, 6.07) is 6.80. The van der Waals surface area contributed by atoms with Gasteiger partial charge in [0.15, 0.2) is 0 Å². The van der Waals surface area contributed by atoms with E-state index < -0.39 is 17.7 Å². The van der Waals surface area contributed by atoms with Crippen LogP contribution in [0.3, 0.4) is 0 Å². The molecule has 0 aromatic heterocycles. The van der Waals surface area contributed by atoms with Crippen molar-refractivity contribution in [3.63, 3.8) is 0 Å². The molecule has 0 heterocycles. The Labute approximate surface area is 106 Å². The highest BCUT2D eigenvalue weighted by Gasteiger charge is 2.37. The van der Waals surface area contributed by atoms with Crippen LogP contribution in [0.15, 0.2) is 24.3 Å². The minimum atomic E-state index is -4.74. The van der Waals surface area contributed by atoms with Crippen LogP contribution in [-0.2, 0) is 4.79 Å². The Bertz CT molecular complexity index is 389. The lowest BCUT2D eigenvalue weighted by molar-refractivity contribution is -0.167. The third-order valence-electron chi connectivity index (χ3n) is 2.12. The van der Waals surface area contributed by atoms with Crippen molar-refractivity contribution in [2.24, 2.45) is 0 Å². The van der Waals surface area contributed by atoms with E-state index in [4.69, 9.17) is 11.6 Å². The van der Waals surface area contributed by atoms with E-state index in [9.17, 15) is 18.0 Å². The molecule has 1 nitrogen and oxygen atoms in total. The van der Waals surface area contributed by atoms with Crippen molar-refractivity contribution >= 4 is 29.1 Å². The summed E-state index contributed by atoms with van der Waals surface area (Å²) < 4.78 is 35.9. The van der Waals surface area contributed by atoms with Crippen LogP contribution >= 0.6 is 23.4 Å². The number of carbonyl (C=O) groups is 1. The average molecular weight is 283 g/mol. The number of ketones is 1. The maximum Gasteiger partial charge on any atom is 0.450 e. The van der Waals surface area contributed by atoms with Crippen molar-refractivity contribution in [2.45, 2.75) is 18.3 Å². The lowest BCUT2D eigenvalue weighted by Crippen LogP contribution is -2.24. The van der Waals surface area contributed by atoms with Gasteiger partial charge in [-0.2, -0.15) is 13.2 Å². The number of rotatable bonds is 4. The Morgan fingerprint density at radius 1 is 1.35 bits per heavy atom. The molecule has 94 valence electrons. The molecule has 0 saturated heterocycles. The number of thioether (sulfide) groups is 1. The maximum absolute atomic E-state index is 12.0. The lowest BCUT2D eigenvalue weighted by atomic mass is 10.2. The second kappa shape index (κ2) is 5.78. The monoisotopic (exact) mass is 282 g/mol. The van der Waals surface area contributed by atoms with Crippen LogP contribution in [-0.4, -0.2) is 17.7 Å². The summed E-state index contributed by atoms with van der Waals surface area (Å²) in [6.45, 7) is 1.75. The first-order chi connectivity index (χ1) is 7.80. The molecule has 1 aromatic rings. The number of benzene rings is 1. The van der Waals surface area contributed by atoms with Gasteiger partial charge in [-0.1, -0.05) is 23.7 Å². The van der Waals surface area contributed by atoms with Gasteiger partial charge in [0.25, 0.3) is 0 Å². The Kier molecular flexibility index (Phi) is 4.89. The predicted octanol–water partition coefficient (Wildman–Crippen LogP) is 4.27. The van der Waals surface area contributed by atoms with E-state index in [1.807, 2.05) is 0 Å². The van der Waals surface area contributed by atoms with Crippen molar-refractivity contribution < 1.29 is 18.0 Å². The normalized spacial score (nSPS) is 13.5. The molecular weight excluding hydrogens is 273 g/mol. The molecule has 0 aliphatic heterocycles. The van der Waals surface area contributed by atoms with Gasteiger partial charge in [-0.25, -0.2) is 0 Å². The molecule has 6 heteroatoms. The standard InChI is InChI=1S/C11H10ClF3OS/c1-7(8-2-4-9(12)5-3-8)17-6-10(16)11(13,14)15/h2-5,7H,6H2,1H3. The number of alkyl halides is 3. The van der Waals surface area contributed by atoms with Gasteiger partial charge in [-0.15, -0.1) is 11.8 Å². The van der Waals surface area contributed by atoms with E-state index in [1.165, 1.54) is 0 Å². The first-order valence-corrected chi connectivity index (χ1v) is 6.20. The number of Topliss-reactive ketones (excluding diaryl/α,β-unsaturated/α-hetero) is 1. The third kappa shape index (κ3) is 4.60. The average Bonchev–Trinajstić information content (AvgIpc) is 2.25. The van der Waals surface area contributed by atoms with Crippen LogP contribution in [0, 0.1) is 0 Å². The van der Waals surface area contributed by atoms with E-state index >= 15 is 0 Å². The van der Waals surface area contributed by atoms with E-state index in [-0.39, 0.29) is 5.25 Å². The molecule has 0 spiro atoms. The molecule has 0 bridgehead atoms. The van der Waals surface area contributed by atoms with Crippen molar-refractivity contribution in [1.82, 2.24) is 0 Å². The van der Waals surface area contributed by atoms with E-state index in [2.05, 4.69) is 0 Å². The molecule has 0 fully saturated rings. The maximum atomic E-state index is 12.0. The summed E-state index contributed by atoms with van der Waals surface area (Å²) in [5.74, 6) is -2.27. The van der Waals surface area contributed by atoms with Gasteiger partial charge in [0.05, 0.1) is 5.75 Å². The summed E-state index contributed by atoms with van der Waals surface area (Å²) >= 11 is 6.65. The smallest absolute Gasteiger partial charge is 0.289 e. The van der Waals surface area contributed by atoms with Gasteiger partial charge in [0.1, 0.15) is 0 Å².